The Hall–Kier alpha value is -1.32. The Bertz CT molecular complexity index is 653. The number of benzene rings is 1. The molecule has 1 aromatic rings. The smallest absolute Gasteiger partial charge is 0.249 e. The summed E-state index contributed by atoms with van der Waals surface area (Å²) in [6.45, 7) is 0.432. The number of sulfonamides is 1. The first kappa shape index (κ1) is 17.7. The van der Waals surface area contributed by atoms with Gasteiger partial charge < -0.3 is 10.5 Å². The van der Waals surface area contributed by atoms with E-state index in [4.69, 9.17) is 10.5 Å². The highest BCUT2D eigenvalue weighted by Gasteiger charge is 2.26. The van der Waals surface area contributed by atoms with Crippen molar-refractivity contribution in [2.45, 2.75) is 6.42 Å². The SMILES string of the molecule is COc1ccc(N(CCCN)S(=O)(=O)CS(C)(=O)=O)cc1. The van der Waals surface area contributed by atoms with Gasteiger partial charge in [0.2, 0.25) is 10.0 Å². The fraction of sp³-hybridized carbons (Fsp3) is 0.500. The maximum atomic E-state index is 12.3. The third-order valence-corrected chi connectivity index (χ3v) is 6.59. The monoisotopic (exact) mass is 336 g/mol. The molecule has 0 amide bonds. The van der Waals surface area contributed by atoms with E-state index in [9.17, 15) is 16.8 Å². The van der Waals surface area contributed by atoms with Crippen LogP contribution in [0.3, 0.4) is 0 Å². The Morgan fingerprint density at radius 2 is 1.71 bits per heavy atom. The van der Waals surface area contributed by atoms with Gasteiger partial charge in [0.1, 0.15) is 5.75 Å². The minimum Gasteiger partial charge on any atom is -0.497 e. The zero-order valence-electron chi connectivity index (χ0n) is 12.0. The molecule has 1 rings (SSSR count). The summed E-state index contributed by atoms with van der Waals surface area (Å²) in [4.78, 5) is 0. The average Bonchev–Trinajstić information content (AvgIpc) is 2.37. The molecule has 0 spiro atoms. The second-order valence-corrected chi connectivity index (χ2v) is 8.97. The molecular formula is C12H20N2O5S2. The number of ether oxygens (including phenoxy) is 1. The van der Waals surface area contributed by atoms with Gasteiger partial charge in [-0.15, -0.1) is 0 Å². The maximum absolute atomic E-state index is 12.3. The minimum absolute atomic E-state index is 0.126. The first-order valence-corrected chi connectivity index (χ1v) is 9.89. The standard InChI is InChI=1S/C12H20N2O5S2/c1-19-12-6-4-11(5-7-12)14(9-3-8-13)21(17,18)10-20(2,15)16/h4-7H,3,8-10,13H2,1-2H3. The number of anilines is 1. The van der Waals surface area contributed by atoms with Gasteiger partial charge in [-0.3, -0.25) is 4.31 Å². The molecule has 21 heavy (non-hydrogen) atoms. The van der Waals surface area contributed by atoms with Crippen molar-refractivity contribution in [3.05, 3.63) is 24.3 Å². The molecule has 0 heterocycles. The molecule has 0 radical (unpaired) electrons. The number of methoxy groups -OCH3 is 1. The molecule has 120 valence electrons. The number of sulfone groups is 1. The highest BCUT2D eigenvalue weighted by Crippen LogP contribution is 2.22. The molecule has 9 heteroatoms. The van der Waals surface area contributed by atoms with Crippen LogP contribution in [-0.4, -0.2) is 48.4 Å². The van der Waals surface area contributed by atoms with Crippen molar-refractivity contribution >= 4 is 25.5 Å². The molecule has 0 unspecified atom stereocenters. The lowest BCUT2D eigenvalue weighted by molar-refractivity contribution is 0.415. The number of hydrogen-bond acceptors (Lipinski definition) is 6. The summed E-state index contributed by atoms with van der Waals surface area (Å²) in [5, 5.41) is -0.934. The van der Waals surface area contributed by atoms with E-state index in [-0.39, 0.29) is 6.54 Å². The summed E-state index contributed by atoms with van der Waals surface area (Å²) in [6.07, 6.45) is 1.31. The number of nitrogens with two attached hydrogens (primary N) is 1. The molecule has 0 bridgehead atoms. The molecule has 0 aromatic heterocycles. The van der Waals surface area contributed by atoms with Gasteiger partial charge in [0.15, 0.2) is 14.9 Å². The van der Waals surface area contributed by atoms with Crippen LogP contribution >= 0.6 is 0 Å². The van der Waals surface area contributed by atoms with Crippen molar-refractivity contribution in [2.75, 3.05) is 35.8 Å². The van der Waals surface area contributed by atoms with Crippen molar-refractivity contribution < 1.29 is 21.6 Å². The molecule has 0 atom stereocenters. The molecule has 0 aliphatic rings. The lowest BCUT2D eigenvalue weighted by atomic mass is 10.3. The molecule has 0 aliphatic carbocycles. The van der Waals surface area contributed by atoms with Crippen LogP contribution in [0.15, 0.2) is 24.3 Å². The molecule has 0 fully saturated rings. The van der Waals surface area contributed by atoms with Crippen LogP contribution in [0.2, 0.25) is 0 Å². The van der Waals surface area contributed by atoms with Crippen LogP contribution in [0, 0.1) is 0 Å². The normalized spacial score (nSPS) is 12.1. The van der Waals surface area contributed by atoms with E-state index in [1.165, 1.54) is 7.11 Å². The average molecular weight is 336 g/mol. The van der Waals surface area contributed by atoms with E-state index in [1.807, 2.05) is 0 Å². The molecule has 1 aromatic carbocycles. The number of nitrogens with zero attached hydrogens (tertiary/aromatic N) is 1. The van der Waals surface area contributed by atoms with Crippen LogP contribution in [-0.2, 0) is 19.9 Å². The van der Waals surface area contributed by atoms with Crippen molar-refractivity contribution in [3.8, 4) is 5.75 Å². The molecule has 0 saturated heterocycles. The van der Waals surface area contributed by atoms with E-state index in [2.05, 4.69) is 0 Å². The minimum atomic E-state index is -3.98. The Balaban J connectivity index is 3.14. The molecule has 2 N–H and O–H groups in total. The Labute approximate surface area is 125 Å². The Morgan fingerprint density at radius 3 is 2.14 bits per heavy atom. The molecule has 7 nitrogen and oxygen atoms in total. The summed E-state index contributed by atoms with van der Waals surface area (Å²) in [6, 6.07) is 6.35. The lowest BCUT2D eigenvalue weighted by Gasteiger charge is -2.24. The highest BCUT2D eigenvalue weighted by atomic mass is 32.3. The highest BCUT2D eigenvalue weighted by molar-refractivity contribution is 8.08. The van der Waals surface area contributed by atoms with Gasteiger partial charge >= 0.3 is 0 Å². The molecule has 0 saturated carbocycles. The van der Waals surface area contributed by atoms with E-state index in [1.54, 1.807) is 24.3 Å². The van der Waals surface area contributed by atoms with Crippen molar-refractivity contribution in [1.29, 1.82) is 0 Å². The predicted octanol–water partition coefficient (Wildman–Crippen LogP) is 0.182. The number of rotatable bonds is 8. The Kier molecular flexibility index (Phi) is 5.99. The third kappa shape index (κ3) is 5.52. The van der Waals surface area contributed by atoms with Gasteiger partial charge in [-0.05, 0) is 37.2 Å². The van der Waals surface area contributed by atoms with Crippen molar-refractivity contribution in [2.24, 2.45) is 5.73 Å². The van der Waals surface area contributed by atoms with Crippen LogP contribution < -0.4 is 14.8 Å². The first-order valence-electron chi connectivity index (χ1n) is 6.22. The van der Waals surface area contributed by atoms with Gasteiger partial charge in [-0.1, -0.05) is 0 Å². The maximum Gasteiger partial charge on any atom is 0.249 e. The summed E-state index contributed by atoms with van der Waals surface area (Å²) in [5.74, 6) is 0.582. The van der Waals surface area contributed by atoms with E-state index < -0.39 is 24.9 Å². The lowest BCUT2D eigenvalue weighted by Crippen LogP contribution is -2.36. The van der Waals surface area contributed by atoms with Crippen LogP contribution in [0.1, 0.15) is 6.42 Å². The number of hydrogen-bond donors (Lipinski definition) is 1. The van der Waals surface area contributed by atoms with Gasteiger partial charge in [0.05, 0.1) is 12.8 Å². The quantitative estimate of drug-likeness (QED) is 0.726. The second kappa shape index (κ2) is 7.10. The topological polar surface area (TPSA) is 107 Å². The summed E-state index contributed by atoms with van der Waals surface area (Å²) in [7, 11) is -6.13. The molecule has 0 aliphatic heterocycles. The van der Waals surface area contributed by atoms with E-state index >= 15 is 0 Å². The van der Waals surface area contributed by atoms with Crippen LogP contribution in [0.5, 0.6) is 5.75 Å². The summed E-state index contributed by atoms with van der Waals surface area (Å²) < 4.78 is 53.3. The third-order valence-electron chi connectivity index (χ3n) is 2.62. The van der Waals surface area contributed by atoms with E-state index in [0.29, 0.717) is 24.4 Å². The van der Waals surface area contributed by atoms with Crippen molar-refractivity contribution in [1.82, 2.24) is 0 Å². The summed E-state index contributed by atoms with van der Waals surface area (Å²) >= 11 is 0. The fourth-order valence-corrected chi connectivity index (χ4v) is 5.27. The zero-order chi connectivity index (χ0) is 16.1. The zero-order valence-corrected chi connectivity index (χ0v) is 13.7. The van der Waals surface area contributed by atoms with Crippen LogP contribution in [0.25, 0.3) is 0 Å². The fourth-order valence-electron chi connectivity index (χ4n) is 1.75. The summed E-state index contributed by atoms with van der Waals surface area (Å²) in [5.41, 5.74) is 5.79. The largest absolute Gasteiger partial charge is 0.497 e. The predicted molar refractivity (Wildman–Crippen MR) is 82.6 cm³/mol. The molecular weight excluding hydrogens is 316 g/mol. The van der Waals surface area contributed by atoms with Crippen LogP contribution in [0.4, 0.5) is 5.69 Å². The van der Waals surface area contributed by atoms with Gasteiger partial charge in [0, 0.05) is 12.8 Å². The van der Waals surface area contributed by atoms with Gasteiger partial charge in [-0.2, -0.15) is 0 Å². The Morgan fingerprint density at radius 1 is 1.14 bits per heavy atom. The first-order chi connectivity index (χ1) is 9.69. The van der Waals surface area contributed by atoms with Crippen molar-refractivity contribution in [3.63, 3.8) is 0 Å². The van der Waals surface area contributed by atoms with Gasteiger partial charge in [0.25, 0.3) is 0 Å². The van der Waals surface area contributed by atoms with E-state index in [0.717, 1.165) is 10.6 Å². The second-order valence-electron chi connectivity index (χ2n) is 4.57. The van der Waals surface area contributed by atoms with Gasteiger partial charge in [-0.25, -0.2) is 16.8 Å².